The van der Waals surface area contributed by atoms with Gasteiger partial charge in [-0.25, -0.2) is 0 Å². The lowest BCUT2D eigenvalue weighted by Crippen LogP contribution is -2.46. The number of pyridine rings is 2. The number of benzene rings is 1. The van der Waals surface area contributed by atoms with Gasteiger partial charge in [-0.05, 0) is 50.2 Å². The van der Waals surface area contributed by atoms with Crippen molar-refractivity contribution >= 4 is 34.1 Å². The second kappa shape index (κ2) is 10.1. The largest absolute Gasteiger partial charge is 0.495 e. The van der Waals surface area contributed by atoms with Crippen LogP contribution in [-0.2, 0) is 6.54 Å². The number of aryl methyl sites for hydroxylation is 1. The first-order valence-corrected chi connectivity index (χ1v) is 11.3. The molecule has 0 radical (unpaired) electrons. The van der Waals surface area contributed by atoms with Crippen LogP contribution in [0.15, 0.2) is 53.5 Å². The zero-order valence-electron chi connectivity index (χ0n) is 18.5. The summed E-state index contributed by atoms with van der Waals surface area (Å²) in [5.74, 6) is 0.652. The Labute approximate surface area is 193 Å². The molecule has 4 rings (SSSR count). The Morgan fingerprint density at radius 3 is 2.62 bits per heavy atom. The monoisotopic (exact) mass is 451 g/mol. The number of likely N-dealkylation sites (tertiary alicyclic amines) is 1. The van der Waals surface area contributed by atoms with E-state index in [2.05, 4.69) is 39.6 Å². The quantitative estimate of drug-likeness (QED) is 0.558. The molecule has 1 aromatic carbocycles. The number of nitrogens with one attached hydrogen (secondary N) is 2. The summed E-state index contributed by atoms with van der Waals surface area (Å²) < 4.78 is 7.07. The van der Waals surface area contributed by atoms with Crippen molar-refractivity contribution in [3.05, 3.63) is 64.6 Å². The van der Waals surface area contributed by atoms with Crippen molar-refractivity contribution in [3.63, 3.8) is 0 Å². The molecule has 0 unspecified atom stereocenters. The van der Waals surface area contributed by atoms with Crippen molar-refractivity contribution in [1.82, 2.24) is 19.8 Å². The molecule has 0 bridgehead atoms. The zero-order valence-corrected chi connectivity index (χ0v) is 19.3. The predicted octanol–water partition coefficient (Wildman–Crippen LogP) is 3.16. The number of fused-ring (bicyclic) bond motifs is 1. The molecule has 32 heavy (non-hydrogen) atoms. The van der Waals surface area contributed by atoms with Crippen LogP contribution in [0.5, 0.6) is 5.75 Å². The first-order chi connectivity index (χ1) is 15.5. The summed E-state index contributed by atoms with van der Waals surface area (Å²) in [6, 6.07) is 13.8. The van der Waals surface area contributed by atoms with E-state index >= 15 is 0 Å². The average Bonchev–Trinajstić information content (AvgIpc) is 2.80. The molecule has 0 amide bonds. The molecule has 1 aliphatic heterocycles. The molecule has 0 aliphatic carbocycles. The Morgan fingerprint density at radius 1 is 1.16 bits per heavy atom. The number of anilines is 1. The van der Waals surface area contributed by atoms with E-state index in [4.69, 9.17) is 17.0 Å². The molecule has 3 heterocycles. The van der Waals surface area contributed by atoms with E-state index in [-0.39, 0.29) is 5.56 Å². The molecular formula is C24H29N5O2S. The van der Waals surface area contributed by atoms with Crippen LogP contribution >= 0.6 is 12.2 Å². The van der Waals surface area contributed by atoms with E-state index in [1.807, 2.05) is 18.2 Å². The smallest absolute Gasteiger partial charge is 0.251 e. The van der Waals surface area contributed by atoms with Gasteiger partial charge in [-0.3, -0.25) is 9.78 Å². The first-order valence-electron chi connectivity index (χ1n) is 10.9. The summed E-state index contributed by atoms with van der Waals surface area (Å²) in [5.41, 5.74) is 3.81. The molecule has 7 nitrogen and oxygen atoms in total. The summed E-state index contributed by atoms with van der Waals surface area (Å²) >= 11 is 5.48. The van der Waals surface area contributed by atoms with Crippen LogP contribution in [0.3, 0.4) is 0 Å². The van der Waals surface area contributed by atoms with Gasteiger partial charge in [0.1, 0.15) is 5.75 Å². The van der Waals surface area contributed by atoms with E-state index in [1.54, 1.807) is 30.0 Å². The van der Waals surface area contributed by atoms with Gasteiger partial charge >= 0.3 is 0 Å². The summed E-state index contributed by atoms with van der Waals surface area (Å²) in [5, 5.41) is 7.36. The Kier molecular flexibility index (Phi) is 7.02. The molecule has 8 heteroatoms. The van der Waals surface area contributed by atoms with Crippen molar-refractivity contribution in [3.8, 4) is 5.75 Å². The number of thiocarbonyl (C=S) groups is 1. The average molecular weight is 452 g/mol. The van der Waals surface area contributed by atoms with E-state index in [1.165, 1.54) is 5.56 Å². The van der Waals surface area contributed by atoms with Crippen molar-refractivity contribution in [2.45, 2.75) is 32.4 Å². The van der Waals surface area contributed by atoms with E-state index in [9.17, 15) is 4.79 Å². The highest BCUT2D eigenvalue weighted by molar-refractivity contribution is 7.80. The van der Waals surface area contributed by atoms with Crippen LogP contribution in [-0.4, -0.2) is 52.3 Å². The molecule has 1 aliphatic rings. The van der Waals surface area contributed by atoms with Gasteiger partial charge in [-0.2, -0.15) is 0 Å². The third kappa shape index (κ3) is 5.44. The highest BCUT2D eigenvalue weighted by Gasteiger charge is 2.20. The molecule has 0 saturated carbocycles. The SMILES string of the molecule is COc1cnc2ccc(=O)n(CCN3CCC(NC(=S)Nc4ccc(C)cc4)CC3)c2c1. The Balaban J connectivity index is 1.29. The minimum atomic E-state index is -0.0170. The third-order valence-electron chi connectivity index (χ3n) is 5.92. The van der Waals surface area contributed by atoms with Crippen LogP contribution in [0.4, 0.5) is 5.69 Å². The maximum Gasteiger partial charge on any atom is 0.251 e. The van der Waals surface area contributed by atoms with Gasteiger partial charge in [0, 0.05) is 50.0 Å². The van der Waals surface area contributed by atoms with E-state index < -0.39 is 0 Å². The van der Waals surface area contributed by atoms with E-state index in [0.717, 1.165) is 49.2 Å². The topological polar surface area (TPSA) is 71.4 Å². The summed E-state index contributed by atoms with van der Waals surface area (Å²) in [4.78, 5) is 19.3. The number of hydrogen-bond donors (Lipinski definition) is 2. The van der Waals surface area contributed by atoms with Crippen molar-refractivity contribution in [2.75, 3.05) is 32.1 Å². The first kappa shape index (κ1) is 22.2. The molecular weight excluding hydrogens is 422 g/mol. The number of nitrogens with zero attached hydrogens (tertiary/aromatic N) is 3. The van der Waals surface area contributed by atoms with Crippen LogP contribution in [0.1, 0.15) is 18.4 Å². The van der Waals surface area contributed by atoms with Crippen LogP contribution in [0.2, 0.25) is 0 Å². The number of aromatic nitrogens is 2. The van der Waals surface area contributed by atoms with Crippen molar-refractivity contribution < 1.29 is 4.74 Å². The van der Waals surface area contributed by atoms with Gasteiger partial charge in [0.15, 0.2) is 5.11 Å². The van der Waals surface area contributed by atoms with Gasteiger partial charge in [-0.15, -0.1) is 0 Å². The molecule has 2 aromatic heterocycles. The lowest BCUT2D eigenvalue weighted by molar-refractivity contribution is 0.200. The minimum Gasteiger partial charge on any atom is -0.495 e. The van der Waals surface area contributed by atoms with Crippen LogP contribution < -0.4 is 20.9 Å². The normalized spacial score (nSPS) is 14.9. The summed E-state index contributed by atoms with van der Waals surface area (Å²) in [7, 11) is 1.61. The Morgan fingerprint density at radius 2 is 1.91 bits per heavy atom. The molecule has 1 fully saturated rings. The fourth-order valence-electron chi connectivity index (χ4n) is 4.02. The van der Waals surface area contributed by atoms with Crippen LogP contribution in [0, 0.1) is 6.92 Å². The fourth-order valence-corrected chi connectivity index (χ4v) is 4.31. The maximum atomic E-state index is 12.5. The lowest BCUT2D eigenvalue weighted by Gasteiger charge is -2.33. The van der Waals surface area contributed by atoms with Gasteiger partial charge < -0.3 is 24.8 Å². The molecule has 0 atom stereocenters. The maximum absolute atomic E-state index is 12.5. The third-order valence-corrected chi connectivity index (χ3v) is 6.14. The zero-order chi connectivity index (χ0) is 22.5. The molecule has 3 aromatic rings. The Bertz CT molecular complexity index is 1140. The van der Waals surface area contributed by atoms with Gasteiger partial charge in [0.2, 0.25) is 0 Å². The minimum absolute atomic E-state index is 0.0170. The second-order valence-corrected chi connectivity index (χ2v) is 8.59. The summed E-state index contributed by atoms with van der Waals surface area (Å²) in [6.07, 6.45) is 3.69. The molecule has 0 spiro atoms. The second-order valence-electron chi connectivity index (χ2n) is 8.18. The number of rotatable bonds is 6. The predicted molar refractivity (Wildman–Crippen MR) is 133 cm³/mol. The molecule has 1 saturated heterocycles. The van der Waals surface area contributed by atoms with Crippen molar-refractivity contribution in [2.24, 2.45) is 0 Å². The Hall–Kier alpha value is -2.97. The molecule has 2 N–H and O–H groups in total. The van der Waals surface area contributed by atoms with Gasteiger partial charge in [0.25, 0.3) is 5.56 Å². The number of hydrogen-bond acceptors (Lipinski definition) is 5. The number of methoxy groups -OCH3 is 1. The fraction of sp³-hybridized carbons (Fsp3) is 0.375. The molecule has 168 valence electrons. The highest BCUT2D eigenvalue weighted by Crippen LogP contribution is 2.17. The number of ether oxygens (including phenoxy) is 1. The van der Waals surface area contributed by atoms with Crippen molar-refractivity contribution in [1.29, 1.82) is 0 Å². The standard InChI is InChI=1S/C24H29N5O2S/c1-17-3-5-18(6-4-17)26-24(32)27-19-9-11-28(12-10-19)13-14-29-22-15-20(31-2)16-25-21(22)7-8-23(29)30/h3-8,15-16,19H,9-14H2,1-2H3,(H2,26,27,32). The van der Waals surface area contributed by atoms with Crippen LogP contribution in [0.25, 0.3) is 11.0 Å². The highest BCUT2D eigenvalue weighted by atomic mass is 32.1. The van der Waals surface area contributed by atoms with Gasteiger partial charge in [0.05, 0.1) is 24.3 Å². The summed E-state index contributed by atoms with van der Waals surface area (Å²) in [6.45, 7) is 5.43. The van der Waals surface area contributed by atoms with Gasteiger partial charge in [-0.1, -0.05) is 17.7 Å². The van der Waals surface area contributed by atoms with E-state index in [0.29, 0.717) is 23.4 Å². The lowest BCUT2D eigenvalue weighted by atomic mass is 10.1. The number of piperidine rings is 1.